The first-order valence-corrected chi connectivity index (χ1v) is 3.02. The summed E-state index contributed by atoms with van der Waals surface area (Å²) < 4.78 is 0. The Morgan fingerprint density at radius 3 is 2.00 bits per heavy atom. The second-order valence-corrected chi connectivity index (χ2v) is 1.45. The molecule has 0 rings (SSSR count). The average Bonchev–Trinajstić information content (AvgIpc) is 1.83. The number of nitrogens with zero attached hydrogens (tertiary/aromatic N) is 1. The van der Waals surface area contributed by atoms with Gasteiger partial charge in [-0.2, -0.15) is 5.06 Å². The highest BCUT2D eigenvalue weighted by Crippen LogP contribution is 1.85. The third-order valence-corrected chi connectivity index (χ3v) is 0.979. The molecule has 0 fully saturated rings. The molecule has 0 heterocycles. The van der Waals surface area contributed by atoms with Crippen LogP contribution >= 0.6 is 0 Å². The first-order chi connectivity index (χ1) is 3.85. The molecule has 0 unspecified atom stereocenters. The molecule has 0 aliphatic rings. The lowest BCUT2D eigenvalue weighted by Gasteiger charge is -2.15. The van der Waals surface area contributed by atoms with Gasteiger partial charge in [0.2, 0.25) is 0 Å². The van der Waals surface area contributed by atoms with Crippen molar-refractivity contribution in [2.45, 2.75) is 13.8 Å². The fourth-order valence-corrected chi connectivity index (χ4v) is 0.535. The minimum absolute atomic E-state index is 0.529. The van der Waals surface area contributed by atoms with E-state index in [9.17, 15) is 0 Å². The minimum atomic E-state index is 0.529. The van der Waals surface area contributed by atoms with Crippen molar-refractivity contribution >= 4 is 0 Å². The number of rotatable bonds is 4. The van der Waals surface area contributed by atoms with Gasteiger partial charge in [0.1, 0.15) is 0 Å². The van der Waals surface area contributed by atoms with Crippen LogP contribution in [0.5, 0.6) is 0 Å². The van der Waals surface area contributed by atoms with Crippen molar-refractivity contribution in [3.05, 3.63) is 6.92 Å². The van der Waals surface area contributed by atoms with E-state index in [0.717, 1.165) is 13.1 Å². The average molecular weight is 116 g/mol. The molecule has 8 heavy (non-hydrogen) atoms. The van der Waals surface area contributed by atoms with E-state index in [-0.39, 0.29) is 0 Å². The first kappa shape index (κ1) is 7.92. The summed E-state index contributed by atoms with van der Waals surface area (Å²) in [5, 5.41) is 1.87. The highest BCUT2D eigenvalue weighted by atomic mass is 16.7. The molecule has 0 saturated carbocycles. The monoisotopic (exact) mass is 116 g/mol. The van der Waals surface area contributed by atoms with Crippen molar-refractivity contribution in [1.29, 1.82) is 0 Å². The number of hydrogen-bond acceptors (Lipinski definition) is 2. The molecule has 0 aromatic carbocycles. The zero-order valence-electron chi connectivity index (χ0n) is 5.68. The van der Waals surface area contributed by atoms with Crippen LogP contribution < -0.4 is 0 Å². The van der Waals surface area contributed by atoms with Gasteiger partial charge in [-0.15, -0.1) is 0 Å². The summed E-state index contributed by atoms with van der Waals surface area (Å²) >= 11 is 0. The maximum absolute atomic E-state index is 5.06. The molecule has 0 aromatic rings. The van der Waals surface area contributed by atoms with E-state index in [1.165, 1.54) is 0 Å². The molecule has 2 heteroatoms. The lowest BCUT2D eigenvalue weighted by atomic mass is 10.6. The smallest absolute Gasteiger partial charge is 0.0685 e. The molecule has 2 nitrogen and oxygen atoms in total. The Kier molecular flexibility index (Phi) is 5.01. The van der Waals surface area contributed by atoms with Gasteiger partial charge in [-0.25, -0.2) is 0 Å². The lowest BCUT2D eigenvalue weighted by Crippen LogP contribution is -2.22. The van der Waals surface area contributed by atoms with Crippen molar-refractivity contribution in [3.8, 4) is 0 Å². The van der Waals surface area contributed by atoms with Gasteiger partial charge >= 0.3 is 0 Å². The molecule has 0 amide bonds. The zero-order valence-corrected chi connectivity index (χ0v) is 5.68. The quantitative estimate of drug-likeness (QED) is 0.510. The van der Waals surface area contributed by atoms with Crippen molar-refractivity contribution < 1.29 is 4.84 Å². The van der Waals surface area contributed by atoms with Crippen LogP contribution in [-0.2, 0) is 4.84 Å². The maximum Gasteiger partial charge on any atom is 0.0685 e. The van der Waals surface area contributed by atoms with Crippen LogP contribution in [0.4, 0.5) is 0 Å². The predicted octanol–water partition coefficient (Wildman–Crippen LogP) is 1.09. The molecule has 0 bridgehead atoms. The largest absolute Gasteiger partial charge is 0.299 e. The lowest BCUT2D eigenvalue weighted by molar-refractivity contribution is -0.141. The maximum atomic E-state index is 5.06. The van der Waals surface area contributed by atoms with E-state index >= 15 is 0 Å². The van der Waals surface area contributed by atoms with Crippen molar-refractivity contribution in [1.82, 2.24) is 5.06 Å². The van der Waals surface area contributed by atoms with E-state index in [0.29, 0.717) is 6.61 Å². The van der Waals surface area contributed by atoms with Crippen LogP contribution in [0.3, 0.4) is 0 Å². The molecule has 0 saturated heterocycles. The third-order valence-electron chi connectivity index (χ3n) is 0.979. The van der Waals surface area contributed by atoms with Crippen LogP contribution in [0, 0.1) is 6.92 Å². The van der Waals surface area contributed by atoms with Gasteiger partial charge in [0, 0.05) is 13.1 Å². The van der Waals surface area contributed by atoms with E-state index in [2.05, 4.69) is 20.8 Å². The fourth-order valence-electron chi connectivity index (χ4n) is 0.535. The summed E-state index contributed by atoms with van der Waals surface area (Å²) in [4.78, 5) is 5.06. The molecule has 0 aliphatic heterocycles. The Balaban J connectivity index is 3.07. The summed E-state index contributed by atoms with van der Waals surface area (Å²) in [7, 11) is 0. The Labute approximate surface area is 51.4 Å². The van der Waals surface area contributed by atoms with E-state index in [1.54, 1.807) is 0 Å². The van der Waals surface area contributed by atoms with Gasteiger partial charge in [0.15, 0.2) is 0 Å². The van der Waals surface area contributed by atoms with Crippen LogP contribution in [-0.4, -0.2) is 24.8 Å². The fraction of sp³-hybridized carbons (Fsp3) is 0.833. The molecule has 49 valence electrons. The summed E-state index contributed by atoms with van der Waals surface area (Å²) in [5.74, 6) is 0. The standard InChI is InChI=1S/C6H14NO/c1-4-7(5-2)8-6-3/h3-6H2,1-2H3. The predicted molar refractivity (Wildman–Crippen MR) is 34.2 cm³/mol. The molecule has 0 N–H and O–H groups in total. The Bertz CT molecular complexity index is 43.8. The van der Waals surface area contributed by atoms with Crippen molar-refractivity contribution in [2.75, 3.05) is 19.7 Å². The highest BCUT2D eigenvalue weighted by molar-refractivity contribution is 4.34. The van der Waals surface area contributed by atoms with Crippen molar-refractivity contribution in [3.63, 3.8) is 0 Å². The Hall–Kier alpha value is -0.0800. The van der Waals surface area contributed by atoms with Crippen LogP contribution in [0.2, 0.25) is 0 Å². The van der Waals surface area contributed by atoms with Gasteiger partial charge < -0.3 is 0 Å². The molecule has 0 spiro atoms. The zero-order chi connectivity index (χ0) is 6.41. The van der Waals surface area contributed by atoms with E-state index < -0.39 is 0 Å². The van der Waals surface area contributed by atoms with Crippen LogP contribution in [0.25, 0.3) is 0 Å². The molecular formula is C6H14NO. The van der Waals surface area contributed by atoms with E-state index in [1.807, 2.05) is 5.06 Å². The summed E-state index contributed by atoms with van der Waals surface area (Å²) in [6, 6.07) is 0. The van der Waals surface area contributed by atoms with E-state index in [4.69, 9.17) is 4.84 Å². The summed E-state index contributed by atoms with van der Waals surface area (Å²) in [6.45, 7) is 10.1. The normalized spacial score (nSPS) is 10.5. The number of hydrogen-bond donors (Lipinski definition) is 0. The van der Waals surface area contributed by atoms with Gasteiger partial charge in [0.05, 0.1) is 6.61 Å². The molecule has 0 atom stereocenters. The first-order valence-electron chi connectivity index (χ1n) is 3.02. The third kappa shape index (κ3) is 2.99. The second kappa shape index (κ2) is 5.06. The molecular weight excluding hydrogens is 102 g/mol. The molecule has 0 aromatic heterocycles. The molecule has 1 radical (unpaired) electrons. The second-order valence-electron chi connectivity index (χ2n) is 1.45. The van der Waals surface area contributed by atoms with Gasteiger partial charge in [0.25, 0.3) is 0 Å². The van der Waals surface area contributed by atoms with Gasteiger partial charge in [-0.3, -0.25) is 4.84 Å². The van der Waals surface area contributed by atoms with Crippen LogP contribution in [0.1, 0.15) is 13.8 Å². The Morgan fingerprint density at radius 1 is 1.38 bits per heavy atom. The highest BCUT2D eigenvalue weighted by Gasteiger charge is 1.93. The Morgan fingerprint density at radius 2 is 1.88 bits per heavy atom. The van der Waals surface area contributed by atoms with Crippen molar-refractivity contribution in [2.24, 2.45) is 0 Å². The van der Waals surface area contributed by atoms with Crippen LogP contribution in [0.15, 0.2) is 0 Å². The minimum Gasteiger partial charge on any atom is -0.299 e. The number of hydroxylamine groups is 2. The SMILES string of the molecule is [CH2]CON(CC)CC. The van der Waals surface area contributed by atoms with Gasteiger partial charge in [-0.1, -0.05) is 13.8 Å². The topological polar surface area (TPSA) is 12.5 Å². The molecule has 0 aliphatic carbocycles. The van der Waals surface area contributed by atoms with Gasteiger partial charge in [-0.05, 0) is 6.92 Å². The summed E-state index contributed by atoms with van der Waals surface area (Å²) in [6.07, 6.45) is 0. The summed E-state index contributed by atoms with van der Waals surface area (Å²) in [5.41, 5.74) is 0.